The maximum absolute atomic E-state index is 12.3. The van der Waals surface area contributed by atoms with E-state index in [1.165, 1.54) is 5.56 Å². The zero-order chi connectivity index (χ0) is 30.6. The quantitative estimate of drug-likeness (QED) is 0.342. The van der Waals surface area contributed by atoms with E-state index in [4.69, 9.17) is 28.4 Å². The molecule has 43 heavy (non-hydrogen) atoms. The summed E-state index contributed by atoms with van der Waals surface area (Å²) in [5.74, 6) is 3.66. The number of aryl methyl sites for hydroxylation is 1. The molecule has 6 rings (SSSR count). The Morgan fingerprint density at radius 3 is 2.56 bits per heavy atom. The first-order chi connectivity index (χ1) is 20.7. The van der Waals surface area contributed by atoms with Crippen molar-refractivity contribution in [2.24, 2.45) is 0 Å². The molecule has 2 aromatic carbocycles. The van der Waals surface area contributed by atoms with Gasteiger partial charge >= 0.3 is 0 Å². The second-order valence-corrected chi connectivity index (χ2v) is 12.0. The molecule has 4 aliphatic rings. The Labute approximate surface area is 253 Å². The summed E-state index contributed by atoms with van der Waals surface area (Å²) in [6.07, 6.45) is 3.33. The summed E-state index contributed by atoms with van der Waals surface area (Å²) < 4.78 is 36.2. The number of benzene rings is 2. The fourth-order valence-corrected chi connectivity index (χ4v) is 8.05. The second-order valence-electron chi connectivity index (χ2n) is 12.0. The van der Waals surface area contributed by atoms with Crippen LogP contribution in [0.2, 0.25) is 0 Å². The van der Waals surface area contributed by atoms with Gasteiger partial charge < -0.3 is 33.7 Å². The van der Waals surface area contributed by atoms with Crippen LogP contribution in [0.3, 0.4) is 0 Å². The van der Waals surface area contributed by atoms with Gasteiger partial charge in [-0.1, -0.05) is 18.7 Å². The number of hydrogen-bond donors (Lipinski definition) is 1. The van der Waals surface area contributed by atoms with Crippen LogP contribution in [0.5, 0.6) is 28.7 Å². The average molecular weight is 594 g/mol. The molecule has 0 aliphatic carbocycles. The van der Waals surface area contributed by atoms with E-state index < -0.39 is 0 Å². The van der Waals surface area contributed by atoms with Crippen LogP contribution < -0.4 is 29.0 Å². The van der Waals surface area contributed by atoms with E-state index in [0.29, 0.717) is 25.3 Å². The molecule has 5 atom stereocenters. The maximum atomic E-state index is 12.3. The van der Waals surface area contributed by atoms with Gasteiger partial charge in [0.2, 0.25) is 12.7 Å². The summed E-state index contributed by atoms with van der Waals surface area (Å²) in [5.41, 5.74) is 6.49. The van der Waals surface area contributed by atoms with Crippen molar-refractivity contribution in [3.63, 3.8) is 0 Å². The number of piperazine rings is 1. The summed E-state index contributed by atoms with van der Waals surface area (Å²) in [6, 6.07) is 2.53. The Hall–Kier alpha value is -3.47. The van der Waals surface area contributed by atoms with Crippen LogP contribution in [-0.2, 0) is 22.4 Å². The van der Waals surface area contributed by atoms with Crippen LogP contribution in [-0.4, -0.2) is 81.8 Å². The first-order valence-corrected chi connectivity index (χ1v) is 15.0. The Bertz CT molecular complexity index is 1440. The first-order valence-electron chi connectivity index (χ1n) is 15.0. The molecule has 4 heterocycles. The van der Waals surface area contributed by atoms with Gasteiger partial charge in [0.05, 0.1) is 19.2 Å². The van der Waals surface area contributed by atoms with Crippen molar-refractivity contribution in [1.82, 2.24) is 15.1 Å². The molecule has 10 heteroatoms. The summed E-state index contributed by atoms with van der Waals surface area (Å²) in [6.45, 7) is 12.9. The normalized spacial score (nSPS) is 25.3. The van der Waals surface area contributed by atoms with Crippen molar-refractivity contribution in [1.29, 1.82) is 0 Å². The highest BCUT2D eigenvalue weighted by atomic mass is 16.7. The highest BCUT2D eigenvalue weighted by Gasteiger charge is 2.55. The number of fused-ring (bicyclic) bond motifs is 9. The largest absolute Gasteiger partial charge is 0.493 e. The number of hydrogen-bond acceptors (Lipinski definition) is 9. The van der Waals surface area contributed by atoms with Gasteiger partial charge in [-0.25, -0.2) is 0 Å². The fraction of sp³-hybridized carbons (Fsp3) is 0.545. The van der Waals surface area contributed by atoms with Gasteiger partial charge in [0.25, 0.3) is 0 Å². The van der Waals surface area contributed by atoms with E-state index in [-0.39, 0.29) is 49.7 Å². The van der Waals surface area contributed by atoms with Gasteiger partial charge in [0.1, 0.15) is 12.4 Å². The zero-order valence-electron chi connectivity index (χ0n) is 26.2. The van der Waals surface area contributed by atoms with Crippen molar-refractivity contribution in [3.8, 4) is 28.7 Å². The molecule has 0 radical (unpaired) electrons. The number of ether oxygens (including phenoxy) is 6. The lowest BCUT2D eigenvalue weighted by molar-refractivity contribution is -0.120. The lowest BCUT2D eigenvalue weighted by Crippen LogP contribution is -2.68. The minimum Gasteiger partial charge on any atom is -0.493 e. The number of methoxy groups -OCH3 is 2. The summed E-state index contributed by atoms with van der Waals surface area (Å²) >= 11 is 0. The molecular weight excluding hydrogens is 550 g/mol. The second kappa shape index (κ2) is 11.6. The highest BCUT2D eigenvalue weighted by Crippen LogP contribution is 2.58. The summed E-state index contributed by atoms with van der Waals surface area (Å²) in [7, 11) is 5.54. The lowest BCUT2D eigenvalue weighted by Gasteiger charge is -2.61. The molecule has 0 aromatic heterocycles. The van der Waals surface area contributed by atoms with Crippen LogP contribution >= 0.6 is 0 Å². The van der Waals surface area contributed by atoms with Gasteiger partial charge in [-0.2, -0.15) is 0 Å². The highest BCUT2D eigenvalue weighted by molar-refractivity contribution is 5.73. The standard InChI is InChI=1S/C33H43N3O7/c1-9-10-40-30-18(3)31-33(43-16-42-31)27-22(30)13-24-28-26-21(11-17(2)29(39-8)32(26)41-15-38-7)12-23(35(28)6)19(4)36(24)25(27)14-34-20(5)37/h9,11,19,23-25,28H,1,10,12-16H2,2-8H3,(H,34,37)/t19-,23?,24?,25?,28?/m0/s1. The molecule has 2 aromatic rings. The van der Waals surface area contributed by atoms with Crippen LogP contribution in [0.1, 0.15) is 59.3 Å². The third-order valence-electron chi connectivity index (χ3n) is 9.67. The molecule has 0 spiro atoms. The molecule has 4 aliphatic heterocycles. The van der Waals surface area contributed by atoms with Crippen molar-refractivity contribution in [3.05, 3.63) is 52.1 Å². The maximum Gasteiger partial charge on any atom is 0.231 e. The lowest BCUT2D eigenvalue weighted by atomic mass is 9.71. The third kappa shape index (κ3) is 4.62. The predicted octanol–water partition coefficient (Wildman–Crippen LogP) is 3.99. The number of amides is 1. The zero-order valence-corrected chi connectivity index (χ0v) is 26.2. The van der Waals surface area contributed by atoms with E-state index in [1.807, 2.05) is 6.92 Å². The summed E-state index contributed by atoms with van der Waals surface area (Å²) in [5, 5.41) is 3.13. The van der Waals surface area contributed by atoms with Gasteiger partial charge in [-0.05, 0) is 51.8 Å². The number of rotatable bonds is 9. The topological polar surface area (TPSA) is 91.0 Å². The number of likely N-dealkylation sites (N-methyl/N-ethyl adjacent to an activating group) is 1. The fourth-order valence-electron chi connectivity index (χ4n) is 8.05. The Morgan fingerprint density at radius 1 is 1.09 bits per heavy atom. The van der Waals surface area contributed by atoms with Crippen molar-refractivity contribution in [2.45, 2.75) is 70.7 Å². The third-order valence-corrected chi connectivity index (χ3v) is 9.67. The number of nitrogens with one attached hydrogen (secondary N) is 1. The van der Waals surface area contributed by atoms with Crippen LogP contribution in [0, 0.1) is 13.8 Å². The molecule has 0 saturated carbocycles. The number of carbonyl (C=O) groups is 1. The molecule has 4 unspecified atom stereocenters. The molecule has 1 saturated heterocycles. The minimum atomic E-state index is -0.161. The van der Waals surface area contributed by atoms with E-state index >= 15 is 0 Å². The predicted molar refractivity (Wildman–Crippen MR) is 161 cm³/mol. The smallest absolute Gasteiger partial charge is 0.231 e. The van der Waals surface area contributed by atoms with Crippen molar-refractivity contribution < 1.29 is 33.2 Å². The molecule has 2 bridgehead atoms. The molecule has 1 fully saturated rings. The molecule has 10 nitrogen and oxygen atoms in total. The van der Waals surface area contributed by atoms with E-state index in [9.17, 15) is 4.79 Å². The van der Waals surface area contributed by atoms with Gasteiger partial charge in [0.15, 0.2) is 29.8 Å². The Kier molecular flexibility index (Phi) is 7.95. The molecule has 1 amide bonds. The van der Waals surface area contributed by atoms with E-state index in [0.717, 1.165) is 57.2 Å². The minimum absolute atomic E-state index is 0.0164. The molecule has 232 valence electrons. The van der Waals surface area contributed by atoms with E-state index in [1.54, 1.807) is 27.2 Å². The number of nitrogens with zero attached hydrogens (tertiary/aromatic N) is 2. The molecule has 1 N–H and O–H groups in total. The van der Waals surface area contributed by atoms with Gasteiger partial charge in [-0.3, -0.25) is 14.6 Å². The van der Waals surface area contributed by atoms with Crippen LogP contribution in [0.25, 0.3) is 0 Å². The Morgan fingerprint density at radius 2 is 1.86 bits per heavy atom. The van der Waals surface area contributed by atoms with Gasteiger partial charge in [0, 0.05) is 61.0 Å². The summed E-state index contributed by atoms with van der Waals surface area (Å²) in [4.78, 5) is 17.4. The van der Waals surface area contributed by atoms with Crippen LogP contribution in [0.15, 0.2) is 18.7 Å². The Balaban J connectivity index is 1.59. The number of carbonyl (C=O) groups excluding carboxylic acids is 1. The SMILES string of the molecule is C=CCOc1c(C)c2c(c3c1CC1C4c5c(cc(C)c(OC)c5OCOC)CC([C@H](C)N1C3CNC(C)=O)N4C)OCO2. The molecular formula is C33H43N3O7. The first kappa shape index (κ1) is 29.6. The van der Waals surface area contributed by atoms with Crippen LogP contribution in [0.4, 0.5) is 0 Å². The van der Waals surface area contributed by atoms with Gasteiger partial charge in [-0.15, -0.1) is 0 Å². The average Bonchev–Trinajstić information content (AvgIpc) is 3.47. The monoisotopic (exact) mass is 593 g/mol. The van der Waals surface area contributed by atoms with E-state index in [2.05, 4.69) is 48.7 Å². The van der Waals surface area contributed by atoms with Crippen molar-refractivity contribution >= 4 is 5.91 Å². The van der Waals surface area contributed by atoms with Crippen molar-refractivity contribution in [2.75, 3.05) is 48.0 Å².